The van der Waals surface area contributed by atoms with Gasteiger partial charge in [0.15, 0.2) is 0 Å². The number of hydrogen-bond donors (Lipinski definition) is 1. The Balaban J connectivity index is 1.48. The lowest BCUT2D eigenvalue weighted by atomic mass is 9.72. The van der Waals surface area contributed by atoms with Gasteiger partial charge in [0.1, 0.15) is 5.56 Å². The predicted molar refractivity (Wildman–Crippen MR) is 110 cm³/mol. The quantitative estimate of drug-likeness (QED) is 0.803. The Bertz CT molecular complexity index is 875. The number of carbonyl (C=O) groups excluding carboxylic acids is 2. The number of hydrogen-bond acceptors (Lipinski definition) is 5. The van der Waals surface area contributed by atoms with E-state index < -0.39 is 0 Å². The van der Waals surface area contributed by atoms with Crippen LogP contribution in [-0.4, -0.2) is 63.5 Å². The van der Waals surface area contributed by atoms with Crippen molar-refractivity contribution in [2.45, 2.75) is 83.0 Å². The number of amides is 2. The molecule has 162 valence electrons. The highest BCUT2D eigenvalue weighted by atomic mass is 16.5. The molecule has 1 N–H and O–H groups in total. The van der Waals surface area contributed by atoms with Gasteiger partial charge < -0.3 is 19.6 Å². The molecule has 2 saturated heterocycles. The fourth-order valence-electron chi connectivity index (χ4n) is 6.44. The minimum atomic E-state index is -0.217. The number of methoxy groups -OCH3 is 1. The van der Waals surface area contributed by atoms with E-state index >= 15 is 0 Å². The zero-order chi connectivity index (χ0) is 21.0. The maximum absolute atomic E-state index is 13.7. The molecule has 3 atom stereocenters. The molecule has 0 spiro atoms. The van der Waals surface area contributed by atoms with Crippen LogP contribution in [0.3, 0.4) is 0 Å². The van der Waals surface area contributed by atoms with Gasteiger partial charge in [0, 0.05) is 23.5 Å². The Kier molecular flexibility index (Phi) is 4.76. The molecule has 0 radical (unpaired) electrons. The number of ether oxygens (including phenoxy) is 1. The van der Waals surface area contributed by atoms with Crippen molar-refractivity contribution in [1.82, 2.24) is 14.8 Å². The molecule has 1 aromatic heterocycles. The van der Waals surface area contributed by atoms with Gasteiger partial charge in [-0.15, -0.1) is 0 Å². The lowest BCUT2D eigenvalue weighted by Gasteiger charge is -2.34. The van der Waals surface area contributed by atoms with Crippen molar-refractivity contribution in [2.24, 2.45) is 5.41 Å². The second-order valence-corrected chi connectivity index (χ2v) is 9.45. The second kappa shape index (κ2) is 7.22. The van der Waals surface area contributed by atoms with E-state index in [2.05, 4.69) is 11.9 Å². The average Bonchev–Trinajstić information content (AvgIpc) is 3.55. The van der Waals surface area contributed by atoms with Gasteiger partial charge in [-0.2, -0.15) is 0 Å². The molecule has 2 amide bonds. The van der Waals surface area contributed by atoms with Crippen LogP contribution in [0, 0.1) is 5.41 Å². The number of rotatable bonds is 5. The Hall–Kier alpha value is -2.15. The maximum atomic E-state index is 13.7. The van der Waals surface area contributed by atoms with E-state index in [4.69, 9.17) is 4.74 Å². The van der Waals surface area contributed by atoms with Gasteiger partial charge in [-0.3, -0.25) is 9.59 Å². The molecule has 1 saturated carbocycles. The molecule has 0 aromatic carbocycles. The van der Waals surface area contributed by atoms with Gasteiger partial charge in [-0.25, -0.2) is 4.98 Å². The lowest BCUT2D eigenvalue weighted by Crippen LogP contribution is -2.42. The molecule has 0 unspecified atom stereocenters. The minimum absolute atomic E-state index is 0.0104. The number of aliphatic hydroxyl groups is 1. The van der Waals surface area contributed by atoms with Crippen molar-refractivity contribution in [3.63, 3.8) is 0 Å². The second-order valence-electron chi connectivity index (χ2n) is 9.45. The SMILES string of the molecule is CC[C@@]1(CO)C[C@@H]2CC[C@H]1N2C(=O)c1cc2c(nc1OC)CN(C1CCCC1)C2=O. The van der Waals surface area contributed by atoms with Crippen molar-refractivity contribution in [2.75, 3.05) is 13.7 Å². The van der Waals surface area contributed by atoms with E-state index in [0.717, 1.165) is 51.4 Å². The highest BCUT2D eigenvalue weighted by molar-refractivity contribution is 6.03. The fourth-order valence-corrected chi connectivity index (χ4v) is 6.44. The maximum Gasteiger partial charge on any atom is 0.259 e. The summed E-state index contributed by atoms with van der Waals surface area (Å²) in [7, 11) is 1.53. The van der Waals surface area contributed by atoms with Crippen molar-refractivity contribution in [3.05, 3.63) is 22.9 Å². The van der Waals surface area contributed by atoms with Gasteiger partial charge in [-0.05, 0) is 44.6 Å². The van der Waals surface area contributed by atoms with Gasteiger partial charge in [0.05, 0.1) is 31.5 Å². The molecule has 3 aliphatic heterocycles. The van der Waals surface area contributed by atoms with Crippen LogP contribution >= 0.6 is 0 Å². The number of nitrogens with zero attached hydrogens (tertiary/aromatic N) is 3. The minimum Gasteiger partial charge on any atom is -0.480 e. The average molecular weight is 414 g/mol. The summed E-state index contributed by atoms with van der Waals surface area (Å²) in [5, 5.41) is 10.1. The molecular formula is C23H31N3O4. The summed E-state index contributed by atoms with van der Waals surface area (Å²) in [6.45, 7) is 2.69. The number of fused-ring (bicyclic) bond motifs is 3. The molecule has 7 nitrogen and oxygen atoms in total. The summed E-state index contributed by atoms with van der Waals surface area (Å²) in [5.74, 6) is 0.173. The van der Waals surface area contributed by atoms with Gasteiger partial charge in [0.25, 0.3) is 11.8 Å². The number of carbonyl (C=O) groups is 2. The molecule has 1 aliphatic carbocycles. The van der Waals surface area contributed by atoms with Gasteiger partial charge in [0.2, 0.25) is 5.88 Å². The zero-order valence-corrected chi connectivity index (χ0v) is 17.9. The first kappa shape index (κ1) is 19.8. The molecule has 30 heavy (non-hydrogen) atoms. The van der Waals surface area contributed by atoms with E-state index in [1.165, 1.54) is 7.11 Å². The summed E-state index contributed by atoms with van der Waals surface area (Å²) in [5.41, 5.74) is 1.41. The zero-order valence-electron chi connectivity index (χ0n) is 17.9. The molecule has 5 rings (SSSR count). The van der Waals surface area contributed by atoms with E-state index in [9.17, 15) is 14.7 Å². The van der Waals surface area contributed by atoms with Crippen molar-refractivity contribution < 1.29 is 19.4 Å². The normalized spacial score (nSPS) is 30.4. The summed E-state index contributed by atoms with van der Waals surface area (Å²) in [6, 6.07) is 2.17. The molecule has 1 aromatic rings. The lowest BCUT2D eigenvalue weighted by molar-refractivity contribution is 0.0554. The molecule has 4 aliphatic rings. The third-order valence-corrected chi connectivity index (χ3v) is 8.17. The largest absolute Gasteiger partial charge is 0.480 e. The first-order valence-electron chi connectivity index (χ1n) is 11.4. The third-order valence-electron chi connectivity index (χ3n) is 8.17. The standard InChI is InChI=1S/C23H31N3O4/c1-3-23(13-27)11-15-8-9-19(23)26(15)22(29)17-10-16-18(24-20(17)30-2)12-25(21(16)28)14-6-4-5-7-14/h10,14-15,19,27H,3-9,11-13H2,1-2H3/t15-,19+,23-/m0/s1. The van der Waals surface area contributed by atoms with Crippen molar-refractivity contribution in [3.8, 4) is 5.88 Å². The van der Waals surface area contributed by atoms with Crippen molar-refractivity contribution in [1.29, 1.82) is 0 Å². The third kappa shape index (κ3) is 2.70. The van der Waals surface area contributed by atoms with E-state index in [1.54, 1.807) is 6.07 Å². The smallest absolute Gasteiger partial charge is 0.259 e. The molecule has 2 bridgehead atoms. The van der Waals surface area contributed by atoms with Crippen molar-refractivity contribution >= 4 is 11.8 Å². The van der Waals surface area contributed by atoms with Crippen LogP contribution in [0.25, 0.3) is 0 Å². The first-order chi connectivity index (χ1) is 14.5. The van der Waals surface area contributed by atoms with Crippen LogP contribution in [0.4, 0.5) is 0 Å². The summed E-state index contributed by atoms with van der Waals surface area (Å²) in [6.07, 6.45) is 7.97. The topological polar surface area (TPSA) is 83.0 Å². The fraction of sp³-hybridized carbons (Fsp3) is 0.696. The van der Waals surface area contributed by atoms with Crippen LogP contribution < -0.4 is 4.74 Å². The molecule has 7 heteroatoms. The van der Waals surface area contributed by atoms with E-state index in [-0.39, 0.29) is 42.0 Å². The summed E-state index contributed by atoms with van der Waals surface area (Å²) in [4.78, 5) is 35.2. The van der Waals surface area contributed by atoms with E-state index in [0.29, 0.717) is 29.2 Å². The van der Waals surface area contributed by atoms with Crippen LogP contribution in [-0.2, 0) is 6.54 Å². The Morgan fingerprint density at radius 3 is 2.67 bits per heavy atom. The Morgan fingerprint density at radius 1 is 1.27 bits per heavy atom. The highest BCUT2D eigenvalue weighted by Gasteiger charge is 2.56. The Morgan fingerprint density at radius 2 is 2.03 bits per heavy atom. The highest BCUT2D eigenvalue weighted by Crippen LogP contribution is 2.52. The van der Waals surface area contributed by atoms with Gasteiger partial charge >= 0.3 is 0 Å². The van der Waals surface area contributed by atoms with E-state index in [1.807, 2.05) is 9.80 Å². The van der Waals surface area contributed by atoms with Gasteiger partial charge in [-0.1, -0.05) is 19.8 Å². The molecular weight excluding hydrogens is 382 g/mol. The number of aromatic nitrogens is 1. The Labute approximate surface area is 177 Å². The summed E-state index contributed by atoms with van der Waals surface area (Å²) >= 11 is 0. The van der Waals surface area contributed by atoms with Crippen LogP contribution in [0.2, 0.25) is 0 Å². The van der Waals surface area contributed by atoms with Crippen LogP contribution in [0.1, 0.15) is 84.7 Å². The van der Waals surface area contributed by atoms with Crippen LogP contribution in [0.5, 0.6) is 5.88 Å². The molecule has 4 heterocycles. The predicted octanol–water partition coefficient (Wildman–Crippen LogP) is 2.75. The number of aliphatic hydroxyl groups excluding tert-OH is 1. The number of pyridine rings is 1. The van der Waals surface area contributed by atoms with Crippen LogP contribution in [0.15, 0.2) is 6.07 Å². The molecule has 3 fully saturated rings. The monoisotopic (exact) mass is 413 g/mol. The summed E-state index contributed by atoms with van der Waals surface area (Å²) < 4.78 is 5.50. The first-order valence-corrected chi connectivity index (χ1v) is 11.4.